The van der Waals surface area contributed by atoms with Crippen LogP contribution in [-0.2, 0) is 0 Å². The number of fused-ring (bicyclic) bond motifs is 1. The minimum atomic E-state index is -0.674. The second kappa shape index (κ2) is 7.84. The van der Waals surface area contributed by atoms with E-state index in [2.05, 4.69) is 4.98 Å². The van der Waals surface area contributed by atoms with Crippen molar-refractivity contribution < 1.29 is 28.3 Å². The molecule has 4 aromatic rings. The predicted octanol–water partition coefficient (Wildman–Crippen LogP) is 4.44. The van der Waals surface area contributed by atoms with Crippen LogP contribution in [0.15, 0.2) is 59.0 Å². The Hall–Kier alpha value is -3.91. The van der Waals surface area contributed by atoms with E-state index < -0.39 is 11.7 Å². The molecule has 0 aliphatic heterocycles. The van der Waals surface area contributed by atoms with E-state index in [-0.39, 0.29) is 17.0 Å². The molecule has 0 unspecified atom stereocenters. The van der Waals surface area contributed by atoms with E-state index >= 15 is 0 Å². The molecule has 1 aromatic heterocycles. The van der Waals surface area contributed by atoms with E-state index in [4.69, 9.17) is 19.1 Å². The molecule has 1 amide bonds. The first kappa shape index (κ1) is 19.4. The van der Waals surface area contributed by atoms with Crippen LogP contribution in [0.2, 0.25) is 0 Å². The van der Waals surface area contributed by atoms with Crippen LogP contribution >= 0.6 is 0 Å². The van der Waals surface area contributed by atoms with Crippen molar-refractivity contribution in [2.24, 2.45) is 0 Å². The lowest BCUT2D eigenvalue weighted by atomic mass is 10.0. The molecule has 0 fully saturated rings. The van der Waals surface area contributed by atoms with Gasteiger partial charge in [0, 0.05) is 5.56 Å². The molecule has 8 heteroatoms. The van der Waals surface area contributed by atoms with Crippen molar-refractivity contribution >= 4 is 17.0 Å². The molecule has 0 saturated heterocycles. The molecule has 30 heavy (non-hydrogen) atoms. The third-order valence-corrected chi connectivity index (χ3v) is 4.67. The van der Waals surface area contributed by atoms with Gasteiger partial charge >= 0.3 is 0 Å². The number of ether oxygens (including phenoxy) is 2. The number of hydrogen-bond acceptors (Lipinski definition) is 6. The van der Waals surface area contributed by atoms with E-state index in [1.165, 1.54) is 31.4 Å². The van der Waals surface area contributed by atoms with Crippen molar-refractivity contribution in [3.63, 3.8) is 0 Å². The van der Waals surface area contributed by atoms with Crippen molar-refractivity contribution in [3.8, 4) is 34.1 Å². The first-order chi connectivity index (χ1) is 14.5. The average Bonchev–Trinajstić information content (AvgIpc) is 3.20. The van der Waals surface area contributed by atoms with Gasteiger partial charge in [-0.1, -0.05) is 12.1 Å². The van der Waals surface area contributed by atoms with Crippen LogP contribution in [0.3, 0.4) is 0 Å². The fourth-order valence-electron chi connectivity index (χ4n) is 3.13. The number of oxazole rings is 1. The number of methoxy groups -OCH3 is 2. The second-order valence-corrected chi connectivity index (χ2v) is 6.41. The van der Waals surface area contributed by atoms with Gasteiger partial charge < -0.3 is 13.9 Å². The average molecular weight is 408 g/mol. The fourth-order valence-corrected chi connectivity index (χ4v) is 3.13. The molecule has 0 spiro atoms. The zero-order chi connectivity index (χ0) is 21.3. The first-order valence-corrected chi connectivity index (χ1v) is 8.91. The highest BCUT2D eigenvalue weighted by atomic mass is 19.1. The largest absolute Gasteiger partial charge is 0.493 e. The topological polar surface area (TPSA) is 93.8 Å². The zero-order valence-corrected chi connectivity index (χ0v) is 16.1. The summed E-state index contributed by atoms with van der Waals surface area (Å²) in [6.07, 6.45) is 0. The van der Waals surface area contributed by atoms with Gasteiger partial charge in [0.25, 0.3) is 5.91 Å². The molecule has 2 N–H and O–H groups in total. The molecule has 7 nitrogen and oxygen atoms in total. The highest BCUT2D eigenvalue weighted by Gasteiger charge is 2.16. The molecular weight excluding hydrogens is 391 g/mol. The minimum absolute atomic E-state index is 0.0860. The molecule has 0 atom stereocenters. The normalized spacial score (nSPS) is 10.8. The van der Waals surface area contributed by atoms with Crippen molar-refractivity contribution in [1.29, 1.82) is 0 Å². The number of aromatic nitrogens is 1. The van der Waals surface area contributed by atoms with Gasteiger partial charge in [0.05, 0.1) is 19.8 Å². The number of rotatable bonds is 5. The lowest BCUT2D eigenvalue weighted by Crippen LogP contribution is -2.18. The monoisotopic (exact) mass is 408 g/mol. The Labute approximate surface area is 170 Å². The number of hydroxylamine groups is 1. The van der Waals surface area contributed by atoms with Gasteiger partial charge in [-0.3, -0.25) is 10.0 Å². The fraction of sp³-hybridized carbons (Fsp3) is 0.0909. The summed E-state index contributed by atoms with van der Waals surface area (Å²) in [5, 5.41) is 8.75. The molecule has 0 saturated carbocycles. The molecule has 0 bridgehead atoms. The molecule has 4 rings (SSSR count). The van der Waals surface area contributed by atoms with Gasteiger partial charge in [0.1, 0.15) is 11.3 Å². The summed E-state index contributed by atoms with van der Waals surface area (Å²) >= 11 is 0. The summed E-state index contributed by atoms with van der Waals surface area (Å²) in [5.74, 6) is 0.0252. The van der Waals surface area contributed by atoms with Crippen LogP contribution in [0.1, 0.15) is 10.4 Å². The number of halogens is 1. The van der Waals surface area contributed by atoms with E-state index in [9.17, 15) is 9.18 Å². The molecule has 0 aliphatic rings. The van der Waals surface area contributed by atoms with Gasteiger partial charge in [-0.25, -0.2) is 14.9 Å². The summed E-state index contributed by atoms with van der Waals surface area (Å²) in [6.45, 7) is 0. The number of hydrogen-bond donors (Lipinski definition) is 2. The Kier molecular flexibility index (Phi) is 5.07. The Balaban J connectivity index is 1.70. The SMILES string of the molecule is COc1ccc(-c2ccc(-c3nc4cc(C(=O)NO)ccc4o3)c(F)c2)cc1OC. The predicted molar refractivity (Wildman–Crippen MR) is 107 cm³/mol. The van der Waals surface area contributed by atoms with Crippen LogP contribution in [-0.4, -0.2) is 30.3 Å². The highest BCUT2D eigenvalue weighted by Crippen LogP contribution is 2.34. The quantitative estimate of drug-likeness (QED) is 0.375. The third kappa shape index (κ3) is 3.44. The van der Waals surface area contributed by atoms with Gasteiger partial charge in [0.2, 0.25) is 5.89 Å². The van der Waals surface area contributed by atoms with Gasteiger partial charge in [0.15, 0.2) is 17.1 Å². The Morgan fingerprint density at radius 3 is 2.43 bits per heavy atom. The minimum Gasteiger partial charge on any atom is -0.493 e. The number of benzene rings is 3. The second-order valence-electron chi connectivity index (χ2n) is 6.41. The number of carbonyl (C=O) groups excluding carboxylic acids is 1. The van der Waals surface area contributed by atoms with Crippen LogP contribution in [0.4, 0.5) is 4.39 Å². The molecule has 152 valence electrons. The van der Waals surface area contributed by atoms with Crippen molar-refractivity contribution in [2.45, 2.75) is 0 Å². The number of nitrogens with one attached hydrogen (secondary N) is 1. The summed E-state index contributed by atoms with van der Waals surface area (Å²) in [4.78, 5) is 15.8. The number of amides is 1. The van der Waals surface area contributed by atoms with Gasteiger partial charge in [-0.05, 0) is 53.6 Å². The Morgan fingerprint density at radius 2 is 1.73 bits per heavy atom. The lowest BCUT2D eigenvalue weighted by Gasteiger charge is -2.10. The molecule has 0 aliphatic carbocycles. The Bertz CT molecular complexity index is 1250. The maximum absolute atomic E-state index is 14.9. The van der Waals surface area contributed by atoms with Crippen LogP contribution in [0.25, 0.3) is 33.7 Å². The smallest absolute Gasteiger partial charge is 0.274 e. The first-order valence-electron chi connectivity index (χ1n) is 8.91. The summed E-state index contributed by atoms with van der Waals surface area (Å²) in [7, 11) is 3.08. The standard InChI is InChI=1S/C22H17FN2O5/c1-28-19-8-4-13(11-20(19)29-2)12-3-6-15(16(23)9-12)22-24-17-10-14(21(26)25-27)5-7-18(17)30-22/h3-11,27H,1-2H3,(H,25,26). The van der Waals surface area contributed by atoms with Crippen LogP contribution in [0, 0.1) is 5.82 Å². The number of carbonyl (C=O) groups is 1. The molecule has 3 aromatic carbocycles. The van der Waals surface area contributed by atoms with Crippen LogP contribution in [0.5, 0.6) is 11.5 Å². The third-order valence-electron chi connectivity index (χ3n) is 4.67. The molecule has 0 radical (unpaired) electrons. The van der Waals surface area contributed by atoms with E-state index in [1.54, 1.807) is 36.9 Å². The van der Waals surface area contributed by atoms with Crippen molar-refractivity contribution in [1.82, 2.24) is 10.5 Å². The van der Waals surface area contributed by atoms with E-state index in [0.717, 1.165) is 5.56 Å². The van der Waals surface area contributed by atoms with E-state index in [1.807, 2.05) is 6.07 Å². The van der Waals surface area contributed by atoms with Crippen LogP contribution < -0.4 is 15.0 Å². The lowest BCUT2D eigenvalue weighted by molar-refractivity contribution is 0.0706. The summed E-state index contributed by atoms with van der Waals surface area (Å²) in [5.41, 5.74) is 4.11. The summed E-state index contributed by atoms with van der Waals surface area (Å²) < 4.78 is 31.1. The van der Waals surface area contributed by atoms with E-state index in [0.29, 0.717) is 28.2 Å². The number of nitrogens with zero attached hydrogens (tertiary/aromatic N) is 1. The van der Waals surface area contributed by atoms with Gasteiger partial charge in [-0.2, -0.15) is 0 Å². The molecule has 1 heterocycles. The highest BCUT2D eigenvalue weighted by molar-refractivity contribution is 5.96. The van der Waals surface area contributed by atoms with Crippen molar-refractivity contribution in [2.75, 3.05) is 14.2 Å². The maximum Gasteiger partial charge on any atom is 0.274 e. The summed E-state index contributed by atoms with van der Waals surface area (Å²) in [6, 6.07) is 14.5. The van der Waals surface area contributed by atoms with Crippen molar-refractivity contribution in [3.05, 3.63) is 66.0 Å². The van der Waals surface area contributed by atoms with Gasteiger partial charge in [-0.15, -0.1) is 0 Å². The molecular formula is C22H17FN2O5. The Morgan fingerprint density at radius 1 is 1.00 bits per heavy atom. The maximum atomic E-state index is 14.9. The zero-order valence-electron chi connectivity index (χ0n) is 16.1.